The first-order chi connectivity index (χ1) is 11.7. The maximum absolute atomic E-state index is 12.5. The lowest BCUT2D eigenvalue weighted by atomic mass is 10.1. The zero-order chi connectivity index (χ0) is 16.8. The van der Waals surface area contributed by atoms with E-state index in [-0.39, 0.29) is 6.03 Å². The Labute approximate surface area is 146 Å². The van der Waals surface area contributed by atoms with E-state index in [4.69, 9.17) is 0 Å². The number of aryl methyl sites for hydroxylation is 1. The van der Waals surface area contributed by atoms with Gasteiger partial charge in [-0.15, -0.1) is 0 Å². The molecule has 132 valence electrons. The number of hydrogen-bond donors (Lipinski definition) is 1. The van der Waals surface area contributed by atoms with Crippen LogP contribution in [0.15, 0.2) is 24.3 Å². The maximum atomic E-state index is 12.5. The number of nitrogens with one attached hydrogen (secondary N) is 1. The van der Waals surface area contributed by atoms with Gasteiger partial charge in [0.1, 0.15) is 0 Å². The molecule has 1 heterocycles. The van der Waals surface area contributed by atoms with Crippen LogP contribution in [0.3, 0.4) is 0 Å². The Morgan fingerprint density at radius 3 is 2.46 bits per heavy atom. The molecule has 4 nitrogen and oxygen atoms in total. The lowest BCUT2D eigenvalue weighted by Crippen LogP contribution is -2.53. The van der Waals surface area contributed by atoms with Crippen molar-refractivity contribution in [2.24, 2.45) is 0 Å². The minimum absolute atomic E-state index is 0.150. The van der Waals surface area contributed by atoms with E-state index in [1.165, 1.54) is 36.8 Å². The molecule has 2 aliphatic rings. The molecular formula is C20H31N3O. The second-order valence-electron chi connectivity index (χ2n) is 7.39. The quantitative estimate of drug-likeness (QED) is 0.861. The molecule has 1 aromatic rings. The summed E-state index contributed by atoms with van der Waals surface area (Å²) in [5.41, 5.74) is 2.68. The van der Waals surface area contributed by atoms with Gasteiger partial charge >= 0.3 is 6.03 Å². The lowest BCUT2D eigenvalue weighted by Gasteiger charge is -2.35. The summed E-state index contributed by atoms with van der Waals surface area (Å²) in [5.74, 6) is 0. The van der Waals surface area contributed by atoms with Gasteiger partial charge in [-0.2, -0.15) is 0 Å². The summed E-state index contributed by atoms with van der Waals surface area (Å²) in [6, 6.07) is 9.26. The fourth-order valence-corrected chi connectivity index (χ4v) is 3.87. The summed E-state index contributed by atoms with van der Waals surface area (Å²) in [4.78, 5) is 16.9. The summed E-state index contributed by atoms with van der Waals surface area (Å²) in [7, 11) is 0. The van der Waals surface area contributed by atoms with E-state index in [9.17, 15) is 4.79 Å². The molecule has 1 aliphatic carbocycles. The third kappa shape index (κ3) is 4.97. The second-order valence-corrected chi connectivity index (χ2v) is 7.39. The molecule has 4 heteroatoms. The monoisotopic (exact) mass is 329 g/mol. The zero-order valence-electron chi connectivity index (χ0n) is 15.0. The molecular weight excluding hydrogens is 298 g/mol. The van der Waals surface area contributed by atoms with Crippen LogP contribution in [-0.2, 0) is 6.54 Å². The summed E-state index contributed by atoms with van der Waals surface area (Å²) >= 11 is 0. The fourth-order valence-electron chi connectivity index (χ4n) is 3.87. The molecule has 1 saturated heterocycles. The van der Waals surface area contributed by atoms with Gasteiger partial charge in [0, 0.05) is 38.8 Å². The van der Waals surface area contributed by atoms with Crippen molar-refractivity contribution in [1.29, 1.82) is 0 Å². The number of urea groups is 1. The first-order valence-electron chi connectivity index (χ1n) is 9.54. The molecule has 2 amide bonds. The highest BCUT2D eigenvalue weighted by Gasteiger charge is 2.23. The average molecular weight is 329 g/mol. The third-order valence-electron chi connectivity index (χ3n) is 5.33. The summed E-state index contributed by atoms with van der Waals surface area (Å²) in [5, 5.41) is 3.27. The fraction of sp³-hybridized carbons (Fsp3) is 0.650. The van der Waals surface area contributed by atoms with Crippen molar-refractivity contribution in [1.82, 2.24) is 15.1 Å². The highest BCUT2D eigenvalue weighted by atomic mass is 16.2. The number of carbonyl (C=O) groups excluding carboxylic acids is 1. The van der Waals surface area contributed by atoms with E-state index < -0.39 is 0 Å². The van der Waals surface area contributed by atoms with Crippen molar-refractivity contribution < 1.29 is 4.79 Å². The second kappa shape index (κ2) is 8.52. The van der Waals surface area contributed by atoms with Gasteiger partial charge < -0.3 is 10.2 Å². The number of nitrogens with zero attached hydrogens (tertiary/aromatic N) is 2. The molecule has 1 aromatic carbocycles. The van der Waals surface area contributed by atoms with E-state index >= 15 is 0 Å². The smallest absolute Gasteiger partial charge is 0.317 e. The molecule has 0 spiro atoms. The standard InChI is InChI=1S/C20H31N3O/c1-17-7-6-8-18(15-17)16-22-11-13-23(14-12-22)20(24)21-19-9-4-2-3-5-10-19/h6-8,15,19H,2-5,9-14,16H2,1H3,(H,21,24). The third-order valence-corrected chi connectivity index (χ3v) is 5.33. The van der Waals surface area contributed by atoms with Crippen LogP contribution in [0.1, 0.15) is 49.7 Å². The van der Waals surface area contributed by atoms with Gasteiger partial charge in [0.2, 0.25) is 0 Å². The molecule has 0 aromatic heterocycles. The van der Waals surface area contributed by atoms with Crippen molar-refractivity contribution in [3.63, 3.8) is 0 Å². The Bertz CT molecular complexity index is 529. The van der Waals surface area contributed by atoms with Crippen molar-refractivity contribution in [3.05, 3.63) is 35.4 Å². The summed E-state index contributed by atoms with van der Waals surface area (Å²) < 4.78 is 0. The number of hydrogen-bond acceptors (Lipinski definition) is 2. The van der Waals surface area contributed by atoms with E-state index in [1.54, 1.807) is 0 Å². The van der Waals surface area contributed by atoms with Gasteiger partial charge in [-0.1, -0.05) is 55.5 Å². The van der Waals surface area contributed by atoms with Gasteiger partial charge in [-0.3, -0.25) is 4.90 Å². The van der Waals surface area contributed by atoms with Gasteiger partial charge in [-0.25, -0.2) is 4.79 Å². The Balaban J connectivity index is 1.43. The average Bonchev–Trinajstić information content (AvgIpc) is 2.84. The topological polar surface area (TPSA) is 35.6 Å². The molecule has 2 fully saturated rings. The molecule has 0 bridgehead atoms. The first-order valence-corrected chi connectivity index (χ1v) is 9.54. The molecule has 24 heavy (non-hydrogen) atoms. The van der Waals surface area contributed by atoms with Crippen LogP contribution in [0, 0.1) is 6.92 Å². The van der Waals surface area contributed by atoms with Crippen LogP contribution in [0.4, 0.5) is 4.79 Å². The lowest BCUT2D eigenvalue weighted by molar-refractivity contribution is 0.132. The summed E-state index contributed by atoms with van der Waals surface area (Å²) in [6.45, 7) is 6.73. The molecule has 1 saturated carbocycles. The molecule has 1 N–H and O–H groups in total. The predicted molar refractivity (Wildman–Crippen MR) is 98.1 cm³/mol. The Hall–Kier alpha value is -1.55. The van der Waals surface area contributed by atoms with Crippen molar-refractivity contribution >= 4 is 6.03 Å². The van der Waals surface area contributed by atoms with Crippen LogP contribution in [0.25, 0.3) is 0 Å². The van der Waals surface area contributed by atoms with Gasteiger partial charge in [-0.05, 0) is 25.3 Å². The van der Waals surface area contributed by atoms with Gasteiger partial charge in [0.05, 0.1) is 0 Å². The number of piperazine rings is 1. The Morgan fingerprint density at radius 2 is 1.79 bits per heavy atom. The number of amides is 2. The number of carbonyl (C=O) groups is 1. The van der Waals surface area contributed by atoms with Crippen LogP contribution in [-0.4, -0.2) is 48.1 Å². The largest absolute Gasteiger partial charge is 0.335 e. The predicted octanol–water partition coefficient (Wildman–Crippen LogP) is 3.55. The van der Waals surface area contributed by atoms with Crippen molar-refractivity contribution in [3.8, 4) is 0 Å². The van der Waals surface area contributed by atoms with Crippen LogP contribution >= 0.6 is 0 Å². The van der Waals surface area contributed by atoms with Crippen LogP contribution < -0.4 is 5.32 Å². The Kier molecular flexibility index (Phi) is 6.13. The van der Waals surface area contributed by atoms with Crippen molar-refractivity contribution in [2.75, 3.05) is 26.2 Å². The highest BCUT2D eigenvalue weighted by Crippen LogP contribution is 2.18. The molecule has 0 radical (unpaired) electrons. The van der Waals surface area contributed by atoms with Crippen LogP contribution in [0.2, 0.25) is 0 Å². The number of rotatable bonds is 3. The zero-order valence-corrected chi connectivity index (χ0v) is 15.0. The van der Waals surface area contributed by atoms with E-state index in [1.807, 2.05) is 4.90 Å². The van der Waals surface area contributed by atoms with E-state index in [2.05, 4.69) is 41.4 Å². The van der Waals surface area contributed by atoms with Gasteiger partial charge in [0.25, 0.3) is 0 Å². The molecule has 0 unspecified atom stereocenters. The SMILES string of the molecule is Cc1cccc(CN2CCN(C(=O)NC3CCCCCC3)CC2)c1. The normalized spacial score (nSPS) is 20.6. The van der Waals surface area contributed by atoms with Crippen molar-refractivity contribution in [2.45, 2.75) is 58.0 Å². The molecule has 3 rings (SSSR count). The molecule has 1 aliphatic heterocycles. The Morgan fingerprint density at radius 1 is 1.08 bits per heavy atom. The van der Waals surface area contributed by atoms with Gasteiger partial charge in [0.15, 0.2) is 0 Å². The highest BCUT2D eigenvalue weighted by molar-refractivity contribution is 5.74. The maximum Gasteiger partial charge on any atom is 0.317 e. The van der Waals surface area contributed by atoms with E-state index in [0.717, 1.165) is 45.6 Å². The van der Waals surface area contributed by atoms with E-state index in [0.29, 0.717) is 6.04 Å². The minimum atomic E-state index is 0.150. The number of benzene rings is 1. The first kappa shape index (κ1) is 17.3. The summed E-state index contributed by atoms with van der Waals surface area (Å²) in [6.07, 6.45) is 7.47. The minimum Gasteiger partial charge on any atom is -0.335 e. The van der Waals surface area contributed by atoms with Crippen LogP contribution in [0.5, 0.6) is 0 Å². The molecule has 0 atom stereocenters.